The highest BCUT2D eigenvalue weighted by Gasteiger charge is 2.11. The topological polar surface area (TPSA) is 61.4 Å². The predicted molar refractivity (Wildman–Crippen MR) is 102 cm³/mol. The molecule has 0 atom stereocenters. The minimum absolute atomic E-state index is 0.133. The van der Waals surface area contributed by atoms with E-state index in [1.165, 1.54) is 18.2 Å². The van der Waals surface area contributed by atoms with Gasteiger partial charge in [0.1, 0.15) is 5.82 Å². The van der Waals surface area contributed by atoms with Gasteiger partial charge in [0, 0.05) is 24.3 Å². The van der Waals surface area contributed by atoms with Crippen molar-refractivity contribution in [2.75, 3.05) is 30.8 Å². The molecular formula is C20H24FN3O2. The second-order valence-corrected chi connectivity index (χ2v) is 6.34. The SMILES string of the molecule is Cc1cccc(NC(=O)CN(C)CCC(=O)Nc2cccc(F)c2)c1C. The molecule has 0 aromatic heterocycles. The zero-order valence-electron chi connectivity index (χ0n) is 15.3. The Kier molecular flexibility index (Phi) is 6.86. The van der Waals surface area contributed by atoms with Crippen LogP contribution in [0, 0.1) is 19.7 Å². The molecule has 0 fully saturated rings. The standard InChI is InChI=1S/C20H24FN3O2/c1-14-6-4-9-18(15(14)2)23-20(26)13-24(3)11-10-19(25)22-17-8-5-7-16(21)12-17/h4-9,12H,10-11,13H2,1-3H3,(H,22,25)(H,23,26). The third-order valence-corrected chi connectivity index (χ3v) is 4.12. The van der Waals surface area contributed by atoms with E-state index < -0.39 is 5.82 Å². The largest absolute Gasteiger partial charge is 0.326 e. The molecule has 0 saturated heterocycles. The first-order valence-electron chi connectivity index (χ1n) is 8.45. The van der Waals surface area contributed by atoms with Gasteiger partial charge in [-0.05, 0) is 56.3 Å². The summed E-state index contributed by atoms with van der Waals surface area (Å²) in [5, 5.41) is 5.53. The van der Waals surface area contributed by atoms with Crippen molar-refractivity contribution in [3.63, 3.8) is 0 Å². The maximum absolute atomic E-state index is 13.1. The molecule has 0 unspecified atom stereocenters. The molecule has 0 heterocycles. The van der Waals surface area contributed by atoms with Gasteiger partial charge in [-0.25, -0.2) is 4.39 Å². The molecule has 138 valence electrons. The lowest BCUT2D eigenvalue weighted by Gasteiger charge is -2.17. The van der Waals surface area contributed by atoms with E-state index in [1.807, 2.05) is 32.0 Å². The Labute approximate surface area is 153 Å². The van der Waals surface area contributed by atoms with Crippen molar-refractivity contribution in [1.82, 2.24) is 4.90 Å². The Hall–Kier alpha value is -2.73. The van der Waals surface area contributed by atoms with Crippen molar-refractivity contribution in [2.24, 2.45) is 0 Å². The maximum Gasteiger partial charge on any atom is 0.238 e. The summed E-state index contributed by atoms with van der Waals surface area (Å²) in [6.45, 7) is 4.56. The molecule has 0 saturated carbocycles. The van der Waals surface area contributed by atoms with E-state index in [-0.39, 0.29) is 24.8 Å². The molecule has 2 amide bonds. The van der Waals surface area contributed by atoms with Crippen molar-refractivity contribution < 1.29 is 14.0 Å². The van der Waals surface area contributed by atoms with Crippen LogP contribution in [0.1, 0.15) is 17.5 Å². The van der Waals surface area contributed by atoms with E-state index in [0.717, 1.165) is 16.8 Å². The number of likely N-dealkylation sites (N-methyl/N-ethyl adjacent to an activating group) is 1. The lowest BCUT2D eigenvalue weighted by Crippen LogP contribution is -2.32. The fourth-order valence-electron chi connectivity index (χ4n) is 2.48. The maximum atomic E-state index is 13.1. The molecule has 0 aliphatic heterocycles. The van der Waals surface area contributed by atoms with Gasteiger partial charge in [0.05, 0.1) is 6.54 Å². The fraction of sp³-hybridized carbons (Fsp3) is 0.300. The van der Waals surface area contributed by atoms with Crippen LogP contribution >= 0.6 is 0 Å². The van der Waals surface area contributed by atoms with Gasteiger partial charge >= 0.3 is 0 Å². The van der Waals surface area contributed by atoms with Gasteiger partial charge in [0.15, 0.2) is 0 Å². The number of nitrogens with zero attached hydrogens (tertiary/aromatic N) is 1. The molecule has 26 heavy (non-hydrogen) atoms. The number of aryl methyl sites for hydroxylation is 1. The second kappa shape index (κ2) is 9.10. The van der Waals surface area contributed by atoms with Gasteiger partial charge in [-0.1, -0.05) is 18.2 Å². The Bertz CT molecular complexity index is 792. The van der Waals surface area contributed by atoms with Gasteiger partial charge in [0.2, 0.25) is 11.8 Å². The minimum atomic E-state index is -0.400. The van der Waals surface area contributed by atoms with Gasteiger partial charge in [-0.15, -0.1) is 0 Å². The summed E-state index contributed by atoms with van der Waals surface area (Å²) >= 11 is 0. The van der Waals surface area contributed by atoms with Crippen LogP contribution in [-0.4, -0.2) is 36.9 Å². The van der Waals surface area contributed by atoms with Gasteiger partial charge < -0.3 is 10.6 Å². The Morgan fingerprint density at radius 1 is 1.04 bits per heavy atom. The fourth-order valence-corrected chi connectivity index (χ4v) is 2.48. The number of carbonyl (C=O) groups excluding carboxylic acids is 2. The number of halogens is 1. The molecule has 2 N–H and O–H groups in total. The van der Waals surface area contributed by atoms with Crippen molar-refractivity contribution in [2.45, 2.75) is 20.3 Å². The highest BCUT2D eigenvalue weighted by atomic mass is 19.1. The van der Waals surface area contributed by atoms with Crippen LogP contribution in [0.25, 0.3) is 0 Å². The highest BCUT2D eigenvalue weighted by Crippen LogP contribution is 2.17. The summed E-state index contributed by atoms with van der Waals surface area (Å²) < 4.78 is 13.1. The van der Waals surface area contributed by atoms with Crippen molar-refractivity contribution in [3.05, 3.63) is 59.4 Å². The van der Waals surface area contributed by atoms with Gasteiger partial charge in [-0.3, -0.25) is 14.5 Å². The second-order valence-electron chi connectivity index (χ2n) is 6.34. The number of rotatable bonds is 7. The lowest BCUT2D eigenvalue weighted by atomic mass is 10.1. The molecule has 0 aliphatic rings. The van der Waals surface area contributed by atoms with Crippen molar-refractivity contribution in [1.29, 1.82) is 0 Å². The number of anilines is 2. The summed E-state index contributed by atoms with van der Waals surface area (Å²) in [5.74, 6) is -0.757. The number of hydrogen-bond donors (Lipinski definition) is 2. The molecule has 0 aliphatic carbocycles. The molecule has 0 radical (unpaired) electrons. The van der Waals surface area contributed by atoms with Crippen LogP contribution in [0.15, 0.2) is 42.5 Å². The molecule has 0 bridgehead atoms. The number of carbonyl (C=O) groups is 2. The van der Waals surface area contributed by atoms with E-state index in [0.29, 0.717) is 12.2 Å². The summed E-state index contributed by atoms with van der Waals surface area (Å²) in [4.78, 5) is 25.9. The number of amides is 2. The zero-order chi connectivity index (χ0) is 19.1. The molecule has 6 heteroatoms. The summed E-state index contributed by atoms with van der Waals surface area (Å²) in [6, 6.07) is 11.5. The van der Waals surface area contributed by atoms with E-state index in [9.17, 15) is 14.0 Å². The average Bonchev–Trinajstić information content (AvgIpc) is 2.57. The molecule has 2 aromatic rings. The molecular weight excluding hydrogens is 333 g/mol. The summed E-state index contributed by atoms with van der Waals surface area (Å²) in [5.41, 5.74) is 3.38. The van der Waals surface area contributed by atoms with Crippen LogP contribution in [0.5, 0.6) is 0 Å². The third kappa shape index (κ3) is 5.97. The van der Waals surface area contributed by atoms with Crippen LogP contribution in [-0.2, 0) is 9.59 Å². The van der Waals surface area contributed by atoms with Crippen LogP contribution in [0.3, 0.4) is 0 Å². The smallest absolute Gasteiger partial charge is 0.238 e. The zero-order valence-corrected chi connectivity index (χ0v) is 15.3. The first-order valence-corrected chi connectivity index (χ1v) is 8.45. The first-order chi connectivity index (χ1) is 12.3. The van der Waals surface area contributed by atoms with E-state index >= 15 is 0 Å². The minimum Gasteiger partial charge on any atom is -0.326 e. The van der Waals surface area contributed by atoms with Gasteiger partial charge in [-0.2, -0.15) is 0 Å². The van der Waals surface area contributed by atoms with Gasteiger partial charge in [0.25, 0.3) is 0 Å². The Balaban J connectivity index is 1.77. The predicted octanol–water partition coefficient (Wildman–Crippen LogP) is 3.34. The molecule has 2 aromatic carbocycles. The Morgan fingerprint density at radius 2 is 1.77 bits per heavy atom. The van der Waals surface area contributed by atoms with Crippen LogP contribution in [0.2, 0.25) is 0 Å². The van der Waals surface area contributed by atoms with E-state index in [1.54, 1.807) is 18.0 Å². The average molecular weight is 357 g/mol. The number of hydrogen-bond acceptors (Lipinski definition) is 3. The highest BCUT2D eigenvalue weighted by molar-refractivity contribution is 5.93. The van der Waals surface area contributed by atoms with Crippen molar-refractivity contribution >= 4 is 23.2 Å². The van der Waals surface area contributed by atoms with Crippen LogP contribution in [0.4, 0.5) is 15.8 Å². The van der Waals surface area contributed by atoms with E-state index in [4.69, 9.17) is 0 Å². The Morgan fingerprint density at radius 3 is 2.50 bits per heavy atom. The quantitative estimate of drug-likeness (QED) is 0.799. The summed E-state index contributed by atoms with van der Waals surface area (Å²) in [6.07, 6.45) is 0.212. The van der Waals surface area contributed by atoms with E-state index in [2.05, 4.69) is 10.6 Å². The normalized spacial score (nSPS) is 10.7. The molecule has 0 spiro atoms. The van der Waals surface area contributed by atoms with Crippen molar-refractivity contribution in [3.8, 4) is 0 Å². The lowest BCUT2D eigenvalue weighted by molar-refractivity contribution is -0.119. The summed E-state index contributed by atoms with van der Waals surface area (Å²) in [7, 11) is 1.78. The monoisotopic (exact) mass is 357 g/mol. The third-order valence-electron chi connectivity index (χ3n) is 4.12. The van der Waals surface area contributed by atoms with Crippen LogP contribution < -0.4 is 10.6 Å². The number of benzene rings is 2. The molecule has 2 rings (SSSR count). The number of nitrogens with one attached hydrogen (secondary N) is 2. The molecule has 5 nitrogen and oxygen atoms in total. The first kappa shape index (κ1) is 19.6.